The summed E-state index contributed by atoms with van der Waals surface area (Å²) in [5.41, 5.74) is 5.09. The second-order valence-corrected chi connectivity index (χ2v) is 8.50. The number of benzene rings is 1. The van der Waals surface area contributed by atoms with Crippen molar-refractivity contribution in [1.82, 2.24) is 15.1 Å². The van der Waals surface area contributed by atoms with Gasteiger partial charge in [0.25, 0.3) is 0 Å². The molecule has 0 aliphatic rings. The van der Waals surface area contributed by atoms with Gasteiger partial charge in [-0.2, -0.15) is 5.10 Å². The van der Waals surface area contributed by atoms with Gasteiger partial charge in [-0.15, -0.1) is 11.3 Å². The van der Waals surface area contributed by atoms with Crippen molar-refractivity contribution in [3.63, 3.8) is 0 Å². The third-order valence-electron chi connectivity index (χ3n) is 5.52. The van der Waals surface area contributed by atoms with Crippen molar-refractivity contribution >= 4 is 22.9 Å². The van der Waals surface area contributed by atoms with Crippen molar-refractivity contribution in [3.8, 4) is 0 Å². The van der Waals surface area contributed by atoms with E-state index in [1.807, 2.05) is 27.0 Å². The predicted octanol–water partition coefficient (Wildman–Crippen LogP) is 4.93. The Morgan fingerprint density at radius 1 is 1.17 bits per heavy atom. The van der Waals surface area contributed by atoms with Gasteiger partial charge in [0.15, 0.2) is 0 Å². The maximum Gasteiger partial charge on any atom is 0.238 e. The zero-order chi connectivity index (χ0) is 21.0. The number of rotatable bonds is 8. The lowest BCUT2D eigenvalue weighted by molar-refractivity contribution is -0.115. The molecule has 2 aromatic heterocycles. The topological polar surface area (TPSA) is 59.0 Å². The molecule has 3 aromatic rings. The van der Waals surface area contributed by atoms with E-state index in [0.29, 0.717) is 5.92 Å². The molecule has 0 aliphatic carbocycles. The summed E-state index contributed by atoms with van der Waals surface area (Å²) in [7, 11) is 1.88. The van der Waals surface area contributed by atoms with Crippen LogP contribution >= 0.6 is 11.3 Å². The minimum atomic E-state index is -0.0676. The van der Waals surface area contributed by atoms with Crippen molar-refractivity contribution in [2.75, 3.05) is 11.9 Å². The normalized spacial score (nSPS) is 13.3. The smallest absolute Gasteiger partial charge is 0.238 e. The first-order valence-corrected chi connectivity index (χ1v) is 10.9. The molecule has 6 heteroatoms. The average Bonchev–Trinajstić information content (AvgIpc) is 3.33. The number of nitrogens with zero attached hydrogens (tertiary/aromatic N) is 2. The van der Waals surface area contributed by atoms with Gasteiger partial charge in [-0.25, -0.2) is 0 Å². The number of carbonyl (C=O) groups is 1. The summed E-state index contributed by atoms with van der Waals surface area (Å²) in [5, 5.41) is 12.9. The number of aryl methyl sites for hydroxylation is 2. The number of amides is 1. The van der Waals surface area contributed by atoms with Crippen LogP contribution in [0.5, 0.6) is 0 Å². The van der Waals surface area contributed by atoms with Crippen molar-refractivity contribution in [3.05, 3.63) is 69.2 Å². The van der Waals surface area contributed by atoms with Gasteiger partial charge in [0, 0.05) is 11.9 Å². The lowest BCUT2D eigenvalue weighted by Gasteiger charge is -2.19. The van der Waals surface area contributed by atoms with E-state index in [9.17, 15) is 4.79 Å². The molecule has 1 aromatic carbocycles. The Hall–Kier alpha value is -2.44. The van der Waals surface area contributed by atoms with Crippen LogP contribution in [0.15, 0.2) is 41.8 Å². The fourth-order valence-electron chi connectivity index (χ4n) is 3.42. The van der Waals surface area contributed by atoms with E-state index in [0.717, 1.165) is 23.5 Å². The van der Waals surface area contributed by atoms with Gasteiger partial charge in [-0.3, -0.25) is 14.8 Å². The molecular formula is C23H30N4OS. The Labute approximate surface area is 177 Å². The average molecular weight is 411 g/mol. The number of hydrogen-bond donors (Lipinski definition) is 2. The van der Waals surface area contributed by atoms with E-state index in [-0.39, 0.29) is 18.5 Å². The van der Waals surface area contributed by atoms with Crippen LogP contribution in [0.3, 0.4) is 0 Å². The van der Waals surface area contributed by atoms with Gasteiger partial charge < -0.3 is 5.32 Å². The summed E-state index contributed by atoms with van der Waals surface area (Å²) in [6, 6.07) is 12.9. The lowest BCUT2D eigenvalue weighted by atomic mass is 9.95. The summed E-state index contributed by atoms with van der Waals surface area (Å²) in [6.45, 7) is 8.54. The van der Waals surface area contributed by atoms with Gasteiger partial charge in [0.2, 0.25) is 5.91 Å². The van der Waals surface area contributed by atoms with Crippen LogP contribution < -0.4 is 10.6 Å². The third-order valence-corrected chi connectivity index (χ3v) is 6.46. The molecule has 0 aliphatic heterocycles. The standard InChI is InChI=1S/C23H30N4OS/c1-6-15(2)18-9-11-19(12-10-18)23(20-8-7-13-29-20)24-14-21(28)25-22-16(3)26-27(5)17(22)4/h7-13,15,23-24H,6,14H2,1-5H3,(H,25,28)/t15-,23+/m1/s1. The molecule has 0 bridgehead atoms. The molecule has 0 fully saturated rings. The second-order valence-electron chi connectivity index (χ2n) is 7.52. The number of carbonyl (C=O) groups excluding carboxylic acids is 1. The number of aromatic nitrogens is 2. The highest BCUT2D eigenvalue weighted by Gasteiger charge is 2.18. The maximum absolute atomic E-state index is 12.6. The molecule has 5 nitrogen and oxygen atoms in total. The molecule has 2 heterocycles. The van der Waals surface area contributed by atoms with Crippen LogP contribution in [0.4, 0.5) is 5.69 Å². The van der Waals surface area contributed by atoms with E-state index < -0.39 is 0 Å². The van der Waals surface area contributed by atoms with E-state index in [1.54, 1.807) is 16.0 Å². The van der Waals surface area contributed by atoms with Gasteiger partial charge in [0.1, 0.15) is 0 Å². The monoisotopic (exact) mass is 410 g/mol. The highest BCUT2D eigenvalue weighted by molar-refractivity contribution is 7.10. The zero-order valence-corrected chi connectivity index (χ0v) is 18.6. The highest BCUT2D eigenvalue weighted by Crippen LogP contribution is 2.28. The molecule has 29 heavy (non-hydrogen) atoms. The summed E-state index contributed by atoms with van der Waals surface area (Å²) in [4.78, 5) is 13.8. The Morgan fingerprint density at radius 2 is 1.86 bits per heavy atom. The number of hydrogen-bond acceptors (Lipinski definition) is 4. The van der Waals surface area contributed by atoms with Gasteiger partial charge in [-0.1, -0.05) is 44.2 Å². The first-order valence-electron chi connectivity index (χ1n) is 10.1. The molecule has 0 saturated heterocycles. The van der Waals surface area contributed by atoms with Crippen molar-refractivity contribution in [2.24, 2.45) is 7.05 Å². The summed E-state index contributed by atoms with van der Waals surface area (Å²) in [6.07, 6.45) is 1.12. The Balaban J connectivity index is 1.72. The lowest BCUT2D eigenvalue weighted by Crippen LogP contribution is -2.31. The van der Waals surface area contributed by atoms with E-state index in [4.69, 9.17) is 0 Å². The fraction of sp³-hybridized carbons (Fsp3) is 0.391. The summed E-state index contributed by atoms with van der Waals surface area (Å²) < 4.78 is 1.78. The Bertz CT molecular complexity index is 944. The molecule has 2 N–H and O–H groups in total. The molecule has 0 radical (unpaired) electrons. The van der Waals surface area contributed by atoms with E-state index >= 15 is 0 Å². The fourth-order valence-corrected chi connectivity index (χ4v) is 4.25. The van der Waals surface area contributed by atoms with Crippen molar-refractivity contribution < 1.29 is 4.79 Å². The molecular weight excluding hydrogens is 380 g/mol. The Morgan fingerprint density at radius 3 is 2.41 bits per heavy atom. The van der Waals surface area contributed by atoms with Crippen LogP contribution in [-0.4, -0.2) is 22.2 Å². The Kier molecular flexibility index (Phi) is 6.87. The largest absolute Gasteiger partial charge is 0.322 e. The quantitative estimate of drug-likeness (QED) is 0.554. The number of nitrogens with one attached hydrogen (secondary N) is 2. The van der Waals surface area contributed by atoms with E-state index in [1.165, 1.54) is 16.0 Å². The molecule has 0 spiro atoms. The minimum Gasteiger partial charge on any atom is -0.322 e. The third kappa shape index (κ3) is 4.95. The molecule has 2 atom stereocenters. The van der Waals surface area contributed by atoms with Crippen molar-refractivity contribution in [1.29, 1.82) is 0 Å². The highest BCUT2D eigenvalue weighted by atomic mass is 32.1. The van der Waals surface area contributed by atoms with Crippen LogP contribution in [0.25, 0.3) is 0 Å². The van der Waals surface area contributed by atoms with Crippen LogP contribution in [0.1, 0.15) is 59.6 Å². The first kappa shape index (κ1) is 21.3. The maximum atomic E-state index is 12.6. The number of anilines is 1. The van der Waals surface area contributed by atoms with Gasteiger partial charge in [-0.05, 0) is 48.8 Å². The van der Waals surface area contributed by atoms with Gasteiger partial charge >= 0.3 is 0 Å². The predicted molar refractivity (Wildman–Crippen MR) is 121 cm³/mol. The molecule has 3 rings (SSSR count). The number of thiophene rings is 1. The first-order chi connectivity index (χ1) is 13.9. The molecule has 154 valence electrons. The zero-order valence-electron chi connectivity index (χ0n) is 17.8. The van der Waals surface area contributed by atoms with Crippen LogP contribution in [-0.2, 0) is 11.8 Å². The van der Waals surface area contributed by atoms with Crippen LogP contribution in [0, 0.1) is 13.8 Å². The van der Waals surface area contributed by atoms with Gasteiger partial charge in [0.05, 0.1) is 29.7 Å². The SMILES string of the molecule is CC[C@@H](C)c1ccc([C@H](NCC(=O)Nc2c(C)nn(C)c2C)c2cccs2)cc1. The molecule has 1 amide bonds. The van der Waals surface area contributed by atoms with Crippen LogP contribution in [0.2, 0.25) is 0 Å². The van der Waals surface area contributed by atoms with E-state index in [2.05, 4.69) is 65.3 Å². The van der Waals surface area contributed by atoms with Crippen molar-refractivity contribution in [2.45, 2.75) is 46.1 Å². The second kappa shape index (κ2) is 9.37. The molecule has 0 unspecified atom stereocenters. The summed E-state index contributed by atoms with van der Waals surface area (Å²) >= 11 is 1.70. The summed E-state index contributed by atoms with van der Waals surface area (Å²) in [5.74, 6) is 0.482. The minimum absolute atomic E-state index is 0.0113. The molecule has 0 saturated carbocycles.